The van der Waals surface area contributed by atoms with Crippen LogP contribution in [0, 0.1) is 0 Å². The van der Waals surface area contributed by atoms with Crippen molar-refractivity contribution in [3.05, 3.63) is 60.6 Å². The van der Waals surface area contributed by atoms with Gasteiger partial charge in [-0.25, -0.2) is 4.98 Å². The maximum absolute atomic E-state index is 12.6. The molecule has 0 aliphatic heterocycles. The first-order valence-electron chi connectivity index (χ1n) is 8.14. The SMILES string of the molecule is COc1cc(NC(=O)C(=O)Nc2ccc(C(F)(F)F)cc2)ccc1-c1cnco1. The molecule has 29 heavy (non-hydrogen) atoms. The molecule has 0 saturated heterocycles. The van der Waals surface area contributed by atoms with Gasteiger partial charge >= 0.3 is 18.0 Å². The lowest BCUT2D eigenvalue weighted by Crippen LogP contribution is -2.29. The summed E-state index contributed by atoms with van der Waals surface area (Å²) in [5.74, 6) is -1.20. The molecule has 10 heteroatoms. The van der Waals surface area contributed by atoms with Crippen LogP contribution in [0.15, 0.2) is 59.5 Å². The van der Waals surface area contributed by atoms with Gasteiger partial charge in [0.2, 0.25) is 0 Å². The maximum Gasteiger partial charge on any atom is 0.416 e. The number of aromatic nitrogens is 1. The van der Waals surface area contributed by atoms with Crippen molar-refractivity contribution in [2.45, 2.75) is 6.18 Å². The number of anilines is 2. The molecule has 7 nitrogen and oxygen atoms in total. The van der Waals surface area contributed by atoms with E-state index in [1.807, 2.05) is 0 Å². The van der Waals surface area contributed by atoms with Gasteiger partial charge in [0.15, 0.2) is 12.2 Å². The van der Waals surface area contributed by atoms with Gasteiger partial charge in [-0.3, -0.25) is 9.59 Å². The predicted molar refractivity (Wildman–Crippen MR) is 97.2 cm³/mol. The molecular formula is C19H14F3N3O4. The molecule has 150 valence electrons. The summed E-state index contributed by atoms with van der Waals surface area (Å²) < 4.78 is 48.1. The summed E-state index contributed by atoms with van der Waals surface area (Å²) in [5, 5.41) is 4.62. The molecule has 3 aromatic rings. The van der Waals surface area contributed by atoms with E-state index in [9.17, 15) is 22.8 Å². The zero-order valence-electron chi connectivity index (χ0n) is 14.9. The number of alkyl halides is 3. The quantitative estimate of drug-likeness (QED) is 0.642. The summed E-state index contributed by atoms with van der Waals surface area (Å²) in [7, 11) is 1.43. The number of carbonyl (C=O) groups excluding carboxylic acids is 2. The fourth-order valence-corrected chi connectivity index (χ4v) is 2.44. The van der Waals surface area contributed by atoms with E-state index < -0.39 is 23.6 Å². The topological polar surface area (TPSA) is 93.5 Å². The van der Waals surface area contributed by atoms with Gasteiger partial charge in [-0.05, 0) is 36.4 Å². The first-order chi connectivity index (χ1) is 13.8. The number of benzene rings is 2. The van der Waals surface area contributed by atoms with Crippen LogP contribution < -0.4 is 15.4 Å². The van der Waals surface area contributed by atoms with E-state index in [0.29, 0.717) is 17.1 Å². The van der Waals surface area contributed by atoms with E-state index in [-0.39, 0.29) is 11.4 Å². The highest BCUT2D eigenvalue weighted by Crippen LogP contribution is 2.32. The van der Waals surface area contributed by atoms with Gasteiger partial charge in [0.25, 0.3) is 0 Å². The van der Waals surface area contributed by atoms with Crippen LogP contribution in [-0.4, -0.2) is 23.9 Å². The third kappa shape index (κ3) is 4.72. The Morgan fingerprint density at radius 3 is 2.17 bits per heavy atom. The van der Waals surface area contributed by atoms with Gasteiger partial charge in [-0.1, -0.05) is 0 Å². The number of hydrogen-bond donors (Lipinski definition) is 2. The van der Waals surface area contributed by atoms with Crippen molar-refractivity contribution in [2.75, 3.05) is 17.7 Å². The molecule has 1 heterocycles. The Morgan fingerprint density at radius 1 is 1.00 bits per heavy atom. The highest BCUT2D eigenvalue weighted by molar-refractivity contribution is 6.43. The Balaban J connectivity index is 1.67. The highest BCUT2D eigenvalue weighted by atomic mass is 19.4. The lowest BCUT2D eigenvalue weighted by Gasteiger charge is -2.11. The number of methoxy groups -OCH3 is 1. The molecule has 0 bridgehead atoms. The number of nitrogens with zero attached hydrogens (tertiary/aromatic N) is 1. The van der Waals surface area contributed by atoms with Crippen molar-refractivity contribution in [3.8, 4) is 17.1 Å². The van der Waals surface area contributed by atoms with Crippen molar-refractivity contribution in [2.24, 2.45) is 0 Å². The summed E-state index contributed by atoms with van der Waals surface area (Å²) in [4.78, 5) is 27.9. The summed E-state index contributed by atoms with van der Waals surface area (Å²) in [6.45, 7) is 0. The minimum atomic E-state index is -4.49. The minimum absolute atomic E-state index is 0.0522. The second-order valence-corrected chi connectivity index (χ2v) is 5.76. The molecule has 3 rings (SSSR count). The standard InChI is InChI=1S/C19H14F3N3O4/c1-28-15-8-13(6-7-14(15)16-9-23-10-29-16)25-18(27)17(26)24-12-4-2-11(3-5-12)19(20,21)22/h2-10H,1H3,(H,24,26)(H,25,27). The Hall–Kier alpha value is -3.82. The van der Waals surface area contributed by atoms with Crippen LogP contribution in [0.2, 0.25) is 0 Å². The summed E-state index contributed by atoms with van der Waals surface area (Å²) >= 11 is 0. The van der Waals surface area contributed by atoms with Gasteiger partial charge in [0.1, 0.15) is 5.75 Å². The molecule has 0 fully saturated rings. The highest BCUT2D eigenvalue weighted by Gasteiger charge is 2.30. The number of halogens is 3. The normalized spacial score (nSPS) is 11.0. The summed E-state index contributed by atoms with van der Waals surface area (Å²) in [6, 6.07) is 8.36. The van der Waals surface area contributed by atoms with Gasteiger partial charge in [-0.15, -0.1) is 0 Å². The average molecular weight is 405 g/mol. The number of carbonyl (C=O) groups is 2. The van der Waals surface area contributed by atoms with E-state index in [1.165, 1.54) is 31.8 Å². The zero-order valence-corrected chi connectivity index (χ0v) is 14.9. The number of nitrogens with one attached hydrogen (secondary N) is 2. The van der Waals surface area contributed by atoms with Crippen molar-refractivity contribution in [1.29, 1.82) is 0 Å². The number of rotatable bonds is 4. The number of hydrogen-bond acceptors (Lipinski definition) is 5. The van der Waals surface area contributed by atoms with Gasteiger partial charge < -0.3 is 19.8 Å². The number of amides is 2. The second-order valence-electron chi connectivity index (χ2n) is 5.76. The van der Waals surface area contributed by atoms with Crippen LogP contribution >= 0.6 is 0 Å². The maximum atomic E-state index is 12.6. The molecular weight excluding hydrogens is 391 g/mol. The molecule has 0 spiro atoms. The first kappa shape index (κ1) is 19.9. The average Bonchev–Trinajstić information content (AvgIpc) is 3.22. The van der Waals surface area contributed by atoms with Crippen molar-refractivity contribution < 1.29 is 31.9 Å². The molecule has 2 amide bonds. The van der Waals surface area contributed by atoms with Gasteiger partial charge in [0.05, 0.1) is 24.4 Å². The molecule has 1 aromatic heterocycles. The Kier molecular flexibility index (Phi) is 5.53. The van der Waals surface area contributed by atoms with E-state index >= 15 is 0 Å². The van der Waals surface area contributed by atoms with Crippen LogP contribution in [0.4, 0.5) is 24.5 Å². The fraction of sp³-hybridized carbons (Fsp3) is 0.105. The molecule has 0 saturated carbocycles. The second kappa shape index (κ2) is 8.05. The largest absolute Gasteiger partial charge is 0.496 e. The van der Waals surface area contributed by atoms with Crippen LogP contribution in [0.25, 0.3) is 11.3 Å². The lowest BCUT2D eigenvalue weighted by atomic mass is 10.1. The van der Waals surface area contributed by atoms with Crippen LogP contribution in [0.5, 0.6) is 5.75 Å². The van der Waals surface area contributed by atoms with Gasteiger partial charge in [-0.2, -0.15) is 13.2 Å². The Bertz CT molecular complexity index is 1020. The molecule has 0 aliphatic carbocycles. The fourth-order valence-electron chi connectivity index (χ4n) is 2.44. The third-order valence-corrected chi connectivity index (χ3v) is 3.83. The van der Waals surface area contributed by atoms with Gasteiger partial charge in [0, 0.05) is 17.4 Å². The third-order valence-electron chi connectivity index (χ3n) is 3.83. The van der Waals surface area contributed by atoms with Crippen molar-refractivity contribution in [1.82, 2.24) is 4.98 Å². The Labute approximate surface area is 162 Å². The molecule has 0 aliphatic rings. The van der Waals surface area contributed by atoms with E-state index in [0.717, 1.165) is 24.3 Å². The predicted octanol–water partition coefficient (Wildman–Crippen LogP) is 3.95. The zero-order chi connectivity index (χ0) is 21.0. The lowest BCUT2D eigenvalue weighted by molar-refractivity contribution is -0.137. The van der Waals surface area contributed by atoms with Crippen molar-refractivity contribution in [3.63, 3.8) is 0 Å². The van der Waals surface area contributed by atoms with Crippen LogP contribution in [0.3, 0.4) is 0 Å². The minimum Gasteiger partial charge on any atom is -0.496 e. The summed E-state index contributed by atoms with van der Waals surface area (Å²) in [5.41, 5.74) is 0.0604. The monoisotopic (exact) mass is 405 g/mol. The molecule has 2 aromatic carbocycles. The van der Waals surface area contributed by atoms with Crippen LogP contribution in [0.1, 0.15) is 5.56 Å². The summed E-state index contributed by atoms with van der Waals surface area (Å²) in [6.07, 6.45) is -1.74. The van der Waals surface area contributed by atoms with E-state index in [2.05, 4.69) is 15.6 Å². The van der Waals surface area contributed by atoms with Crippen LogP contribution in [-0.2, 0) is 15.8 Å². The molecule has 2 N–H and O–H groups in total. The van der Waals surface area contributed by atoms with E-state index in [1.54, 1.807) is 6.07 Å². The Morgan fingerprint density at radius 2 is 1.62 bits per heavy atom. The molecule has 0 atom stereocenters. The van der Waals surface area contributed by atoms with Crippen molar-refractivity contribution >= 4 is 23.2 Å². The smallest absolute Gasteiger partial charge is 0.416 e. The van der Waals surface area contributed by atoms with E-state index in [4.69, 9.17) is 9.15 Å². The number of ether oxygens (including phenoxy) is 1. The number of oxazole rings is 1. The first-order valence-corrected chi connectivity index (χ1v) is 8.14. The molecule has 0 radical (unpaired) electrons. The molecule has 0 unspecified atom stereocenters.